The van der Waals surface area contributed by atoms with Crippen molar-refractivity contribution in [1.82, 2.24) is 15.6 Å². The largest absolute Gasteiger partial charge is 0.459 e. The summed E-state index contributed by atoms with van der Waals surface area (Å²) in [6.07, 6.45) is 0.704. The Bertz CT molecular complexity index is 1040. The molecule has 30 heavy (non-hydrogen) atoms. The number of ether oxygens (including phenoxy) is 1. The summed E-state index contributed by atoms with van der Waals surface area (Å²) in [5.41, 5.74) is 1.87. The first-order valence-corrected chi connectivity index (χ1v) is 9.78. The molecule has 1 saturated heterocycles. The van der Waals surface area contributed by atoms with E-state index < -0.39 is 23.4 Å². The molecule has 1 aromatic carbocycles. The minimum atomic E-state index is -0.624. The molecule has 0 bridgehead atoms. The van der Waals surface area contributed by atoms with Crippen molar-refractivity contribution in [2.75, 3.05) is 6.54 Å². The zero-order valence-corrected chi connectivity index (χ0v) is 17.5. The van der Waals surface area contributed by atoms with Crippen LogP contribution >= 0.6 is 0 Å². The van der Waals surface area contributed by atoms with Crippen LogP contribution in [-0.2, 0) is 19.1 Å². The zero-order chi connectivity index (χ0) is 22.1. The number of nitrogens with one attached hydrogen (secondary N) is 2. The summed E-state index contributed by atoms with van der Waals surface area (Å²) in [5.74, 6) is -1.99. The summed E-state index contributed by atoms with van der Waals surface area (Å²) in [7, 11) is 0. The second-order valence-corrected chi connectivity index (χ2v) is 8.34. The van der Waals surface area contributed by atoms with Crippen LogP contribution < -0.4 is 10.6 Å². The molecule has 1 aliphatic rings. The summed E-state index contributed by atoms with van der Waals surface area (Å²) in [5, 5.41) is 5.61. The molecule has 3 amide bonds. The van der Waals surface area contributed by atoms with Gasteiger partial charge < -0.3 is 10.1 Å². The van der Waals surface area contributed by atoms with E-state index in [2.05, 4.69) is 15.6 Å². The SMILES string of the molecule is Cc1nc2ccc(C(=O)NCC(=O)OC(C)(C)C)cc2cc1C1CCC(=O)NC1=O. The van der Waals surface area contributed by atoms with E-state index >= 15 is 0 Å². The van der Waals surface area contributed by atoms with Crippen molar-refractivity contribution >= 4 is 34.6 Å². The van der Waals surface area contributed by atoms with E-state index in [9.17, 15) is 19.2 Å². The van der Waals surface area contributed by atoms with Crippen LogP contribution in [0.15, 0.2) is 24.3 Å². The van der Waals surface area contributed by atoms with Gasteiger partial charge in [-0.3, -0.25) is 29.5 Å². The lowest BCUT2D eigenvalue weighted by Gasteiger charge is -2.22. The lowest BCUT2D eigenvalue weighted by atomic mass is 9.88. The van der Waals surface area contributed by atoms with Crippen molar-refractivity contribution in [3.63, 3.8) is 0 Å². The van der Waals surface area contributed by atoms with Crippen LogP contribution in [-0.4, -0.2) is 40.8 Å². The highest BCUT2D eigenvalue weighted by Gasteiger charge is 2.29. The number of nitrogens with zero attached hydrogens (tertiary/aromatic N) is 1. The Labute approximate surface area is 174 Å². The van der Waals surface area contributed by atoms with Crippen LogP contribution in [0.25, 0.3) is 10.9 Å². The van der Waals surface area contributed by atoms with Gasteiger partial charge in [0.25, 0.3) is 5.91 Å². The van der Waals surface area contributed by atoms with Gasteiger partial charge in [-0.05, 0) is 63.9 Å². The summed E-state index contributed by atoms with van der Waals surface area (Å²) in [6.45, 7) is 6.85. The number of hydrogen-bond donors (Lipinski definition) is 2. The molecule has 3 rings (SSSR count). The Kier molecular flexibility index (Phi) is 5.87. The van der Waals surface area contributed by atoms with Crippen LogP contribution in [0.2, 0.25) is 0 Å². The molecule has 0 aliphatic carbocycles. The third kappa shape index (κ3) is 5.00. The Morgan fingerprint density at radius 2 is 1.97 bits per heavy atom. The fourth-order valence-electron chi connectivity index (χ4n) is 3.41. The molecule has 2 heterocycles. The standard InChI is InChI=1S/C22H25N3O5/c1-12-16(15-6-8-18(26)25-21(15)29)10-14-9-13(5-7-17(14)24-12)20(28)23-11-19(27)30-22(2,3)4/h5,7,9-10,15H,6,8,11H2,1-4H3,(H,23,28)(H,25,26,29). The monoisotopic (exact) mass is 411 g/mol. The van der Waals surface area contributed by atoms with E-state index in [4.69, 9.17) is 4.74 Å². The molecule has 2 aromatic rings. The molecule has 158 valence electrons. The molecule has 8 heteroatoms. The second-order valence-electron chi connectivity index (χ2n) is 8.34. The Morgan fingerprint density at radius 3 is 2.63 bits per heavy atom. The number of rotatable bonds is 4. The van der Waals surface area contributed by atoms with Crippen molar-refractivity contribution in [3.8, 4) is 0 Å². The first-order chi connectivity index (χ1) is 14.0. The Balaban J connectivity index is 1.80. The lowest BCUT2D eigenvalue weighted by Crippen LogP contribution is -2.39. The Morgan fingerprint density at radius 1 is 1.23 bits per heavy atom. The first-order valence-electron chi connectivity index (χ1n) is 9.78. The fourth-order valence-corrected chi connectivity index (χ4v) is 3.41. The number of aromatic nitrogens is 1. The number of carbonyl (C=O) groups excluding carboxylic acids is 4. The molecule has 1 fully saturated rings. The van der Waals surface area contributed by atoms with Crippen molar-refractivity contribution in [2.24, 2.45) is 0 Å². The number of imide groups is 1. The van der Waals surface area contributed by atoms with Gasteiger partial charge in [-0.2, -0.15) is 0 Å². The number of esters is 1. The van der Waals surface area contributed by atoms with E-state index in [1.54, 1.807) is 39.0 Å². The van der Waals surface area contributed by atoms with Crippen molar-refractivity contribution < 1.29 is 23.9 Å². The van der Waals surface area contributed by atoms with E-state index in [0.29, 0.717) is 28.6 Å². The van der Waals surface area contributed by atoms with E-state index in [1.165, 1.54) is 0 Å². The highest BCUT2D eigenvalue weighted by Crippen LogP contribution is 2.29. The predicted molar refractivity (Wildman–Crippen MR) is 110 cm³/mol. The van der Waals surface area contributed by atoms with E-state index in [-0.39, 0.29) is 24.8 Å². The highest BCUT2D eigenvalue weighted by molar-refractivity contribution is 6.02. The topological polar surface area (TPSA) is 114 Å². The quantitative estimate of drug-likeness (QED) is 0.588. The van der Waals surface area contributed by atoms with E-state index in [1.807, 2.05) is 13.0 Å². The molecule has 8 nitrogen and oxygen atoms in total. The van der Waals surface area contributed by atoms with Gasteiger partial charge in [-0.15, -0.1) is 0 Å². The first kappa shape index (κ1) is 21.4. The van der Waals surface area contributed by atoms with Crippen molar-refractivity contribution in [2.45, 2.75) is 52.1 Å². The van der Waals surface area contributed by atoms with Crippen molar-refractivity contribution in [1.29, 1.82) is 0 Å². The molecule has 2 N–H and O–H groups in total. The van der Waals surface area contributed by atoms with Gasteiger partial charge in [0.15, 0.2) is 0 Å². The van der Waals surface area contributed by atoms with Gasteiger partial charge in [0.1, 0.15) is 12.1 Å². The van der Waals surface area contributed by atoms with Gasteiger partial charge >= 0.3 is 5.97 Å². The lowest BCUT2D eigenvalue weighted by molar-refractivity contribution is -0.153. The number of carbonyl (C=O) groups is 4. The smallest absolute Gasteiger partial charge is 0.325 e. The molecular weight excluding hydrogens is 386 g/mol. The van der Waals surface area contributed by atoms with Crippen LogP contribution in [0.1, 0.15) is 61.1 Å². The maximum Gasteiger partial charge on any atom is 0.325 e. The number of hydrogen-bond acceptors (Lipinski definition) is 6. The minimum absolute atomic E-state index is 0.234. The maximum atomic E-state index is 12.5. The number of benzene rings is 1. The average Bonchev–Trinajstić information content (AvgIpc) is 2.64. The summed E-state index contributed by atoms with van der Waals surface area (Å²) < 4.78 is 5.18. The van der Waals surface area contributed by atoms with E-state index in [0.717, 1.165) is 5.56 Å². The van der Waals surface area contributed by atoms with Gasteiger partial charge in [-0.1, -0.05) is 0 Å². The number of fused-ring (bicyclic) bond motifs is 1. The van der Waals surface area contributed by atoms with Crippen LogP contribution in [0.5, 0.6) is 0 Å². The van der Waals surface area contributed by atoms with Gasteiger partial charge in [0.05, 0.1) is 11.4 Å². The average molecular weight is 411 g/mol. The predicted octanol–water partition coefficient (Wildman–Crippen LogP) is 2.13. The fraction of sp³-hybridized carbons (Fsp3) is 0.409. The number of amides is 3. The molecular formula is C22H25N3O5. The molecule has 1 aliphatic heterocycles. The van der Waals surface area contributed by atoms with Crippen LogP contribution in [0.3, 0.4) is 0 Å². The second kappa shape index (κ2) is 8.22. The molecule has 0 radical (unpaired) electrons. The summed E-state index contributed by atoms with van der Waals surface area (Å²) in [4.78, 5) is 52.5. The summed E-state index contributed by atoms with van der Waals surface area (Å²) in [6, 6.07) is 6.85. The molecule has 0 spiro atoms. The molecule has 1 aromatic heterocycles. The Hall–Kier alpha value is -3.29. The minimum Gasteiger partial charge on any atom is -0.459 e. The zero-order valence-electron chi connectivity index (χ0n) is 17.5. The van der Waals surface area contributed by atoms with Gasteiger partial charge in [-0.25, -0.2) is 0 Å². The molecule has 1 atom stereocenters. The van der Waals surface area contributed by atoms with Crippen LogP contribution in [0.4, 0.5) is 0 Å². The summed E-state index contributed by atoms with van der Waals surface area (Å²) >= 11 is 0. The van der Waals surface area contributed by atoms with Crippen LogP contribution in [0, 0.1) is 6.92 Å². The normalized spacial score (nSPS) is 16.9. The van der Waals surface area contributed by atoms with Gasteiger partial charge in [0, 0.05) is 23.1 Å². The molecule has 0 saturated carbocycles. The molecule has 1 unspecified atom stereocenters. The highest BCUT2D eigenvalue weighted by atomic mass is 16.6. The van der Waals surface area contributed by atoms with Crippen molar-refractivity contribution in [3.05, 3.63) is 41.1 Å². The third-order valence-corrected chi connectivity index (χ3v) is 4.73. The van der Waals surface area contributed by atoms with Gasteiger partial charge in [0.2, 0.25) is 11.8 Å². The maximum absolute atomic E-state index is 12.5. The number of piperidine rings is 1. The number of aryl methyl sites for hydroxylation is 1. The third-order valence-electron chi connectivity index (χ3n) is 4.73. The number of pyridine rings is 1.